The smallest absolute Gasteiger partial charge is 0.329 e. The van der Waals surface area contributed by atoms with Crippen LogP contribution in [-0.4, -0.2) is 67.3 Å². The molecule has 274 valence electrons. The van der Waals surface area contributed by atoms with Gasteiger partial charge in [0, 0.05) is 75.7 Å². The zero-order valence-electron chi connectivity index (χ0n) is 30.2. The van der Waals surface area contributed by atoms with Gasteiger partial charge in [-0.1, -0.05) is 47.9 Å². The van der Waals surface area contributed by atoms with E-state index in [-0.39, 0.29) is 23.8 Å². The number of aromatic nitrogens is 4. The number of anilines is 2. The van der Waals surface area contributed by atoms with Crippen LogP contribution >= 0.6 is 0 Å². The van der Waals surface area contributed by atoms with Gasteiger partial charge in [0.05, 0.1) is 22.4 Å². The quantitative estimate of drug-likeness (QED) is 0.121. The number of piperidine rings is 1. The zero-order chi connectivity index (χ0) is 37.6. The monoisotopic (exact) mass is 722 g/mol. The molecule has 12 nitrogen and oxygen atoms in total. The molecule has 2 aromatic heterocycles. The zero-order valence-corrected chi connectivity index (χ0v) is 30.2. The molecule has 0 aliphatic carbocycles. The molecule has 4 N–H and O–H groups in total. The lowest BCUT2D eigenvalue weighted by molar-refractivity contribution is -0.135. The summed E-state index contributed by atoms with van der Waals surface area (Å²) in [6, 6.07) is 22.3. The lowest BCUT2D eigenvalue weighted by Crippen LogP contribution is -2.46. The number of hydrogen-bond donors (Lipinski definition) is 3. The summed E-state index contributed by atoms with van der Waals surface area (Å²) in [5.41, 5.74) is 12.4. The van der Waals surface area contributed by atoms with Crippen LogP contribution in [0, 0.1) is 23.7 Å². The molecule has 0 saturated carbocycles. The number of imidazole rings is 1. The second-order valence-corrected chi connectivity index (χ2v) is 13.7. The molecule has 0 bridgehead atoms. The normalized spacial score (nSPS) is 16.0. The number of fused-ring (bicyclic) bond motifs is 1. The van der Waals surface area contributed by atoms with Crippen LogP contribution in [0.4, 0.5) is 11.5 Å². The van der Waals surface area contributed by atoms with Crippen molar-refractivity contribution in [3.8, 4) is 40.7 Å². The molecule has 3 aromatic carbocycles. The first-order chi connectivity index (χ1) is 26.2. The van der Waals surface area contributed by atoms with Gasteiger partial charge in [-0.05, 0) is 73.4 Å². The Labute approximate surface area is 313 Å². The number of nitrogen functional groups attached to an aromatic ring is 1. The summed E-state index contributed by atoms with van der Waals surface area (Å²) in [6.45, 7) is 4.19. The third-order valence-corrected chi connectivity index (χ3v) is 9.96. The summed E-state index contributed by atoms with van der Waals surface area (Å²) in [5, 5.41) is 21.0. The highest BCUT2D eigenvalue weighted by molar-refractivity contribution is 6.00. The minimum Gasteiger partial charge on any atom is -0.507 e. The van der Waals surface area contributed by atoms with E-state index in [4.69, 9.17) is 5.73 Å². The molecule has 5 aromatic rings. The number of para-hydroxylation sites is 1. The van der Waals surface area contributed by atoms with E-state index < -0.39 is 11.9 Å². The van der Waals surface area contributed by atoms with Crippen LogP contribution in [-0.2, 0) is 23.2 Å². The molecule has 4 heterocycles. The largest absolute Gasteiger partial charge is 0.507 e. The Hall–Kier alpha value is -6.37. The Morgan fingerprint density at radius 3 is 2.33 bits per heavy atom. The fraction of sp³-hybridized carbons (Fsp3) is 0.310. The van der Waals surface area contributed by atoms with Crippen LogP contribution < -0.4 is 21.6 Å². The van der Waals surface area contributed by atoms with Gasteiger partial charge < -0.3 is 15.7 Å². The molecular formula is C42H42N8O4. The van der Waals surface area contributed by atoms with Gasteiger partial charge >= 0.3 is 5.69 Å². The number of carbonyl (C=O) groups excluding carboxylic acids is 2. The molecule has 12 heteroatoms. The third-order valence-electron chi connectivity index (χ3n) is 9.96. The first-order valence-electron chi connectivity index (χ1n) is 18.3. The van der Waals surface area contributed by atoms with Crippen molar-refractivity contribution >= 4 is 34.4 Å². The highest BCUT2D eigenvalue weighted by atomic mass is 16.3. The summed E-state index contributed by atoms with van der Waals surface area (Å²) in [7, 11) is 1.68. The van der Waals surface area contributed by atoms with Crippen molar-refractivity contribution in [3.05, 3.63) is 100.0 Å². The molecule has 2 fully saturated rings. The summed E-state index contributed by atoms with van der Waals surface area (Å²) in [6.07, 6.45) is 3.90. The number of benzene rings is 3. The maximum atomic E-state index is 13.0. The molecule has 0 radical (unpaired) electrons. The van der Waals surface area contributed by atoms with Crippen LogP contribution in [0.5, 0.6) is 5.75 Å². The molecule has 2 saturated heterocycles. The van der Waals surface area contributed by atoms with Gasteiger partial charge in [-0.15, -0.1) is 10.2 Å². The molecule has 2 aliphatic heterocycles. The molecule has 2 amide bonds. The van der Waals surface area contributed by atoms with Gasteiger partial charge in [0.25, 0.3) is 0 Å². The van der Waals surface area contributed by atoms with Crippen molar-refractivity contribution in [2.24, 2.45) is 7.05 Å². The summed E-state index contributed by atoms with van der Waals surface area (Å²) < 4.78 is 3.00. The molecule has 1 unspecified atom stereocenters. The molecule has 2 aliphatic rings. The number of nitrogens with zero attached hydrogens (tertiary/aromatic N) is 6. The highest BCUT2D eigenvalue weighted by Crippen LogP contribution is 2.32. The van der Waals surface area contributed by atoms with E-state index in [2.05, 4.69) is 67.2 Å². The van der Waals surface area contributed by atoms with Crippen LogP contribution in [0.2, 0.25) is 0 Å². The number of nitrogens with two attached hydrogens (primary N) is 1. The second-order valence-electron chi connectivity index (χ2n) is 13.7. The number of nitrogens with one attached hydrogen (secondary N) is 1. The lowest BCUT2D eigenvalue weighted by atomic mass is 10.1. The van der Waals surface area contributed by atoms with Gasteiger partial charge in [-0.2, -0.15) is 0 Å². The summed E-state index contributed by atoms with van der Waals surface area (Å²) in [5.74, 6) is 12.9. The van der Waals surface area contributed by atoms with Gasteiger partial charge in [-0.3, -0.25) is 28.9 Å². The topological polar surface area (TPSA) is 152 Å². The highest BCUT2D eigenvalue weighted by Gasteiger charge is 2.31. The predicted octanol–water partition coefficient (Wildman–Crippen LogP) is 4.35. The lowest BCUT2D eigenvalue weighted by Gasteiger charge is -2.36. The Kier molecular flexibility index (Phi) is 10.7. The van der Waals surface area contributed by atoms with Crippen molar-refractivity contribution in [2.45, 2.75) is 51.1 Å². The van der Waals surface area contributed by atoms with E-state index in [0.29, 0.717) is 34.5 Å². The van der Waals surface area contributed by atoms with Crippen LogP contribution in [0.15, 0.2) is 77.6 Å². The molecule has 0 spiro atoms. The van der Waals surface area contributed by atoms with Crippen molar-refractivity contribution in [2.75, 3.05) is 36.8 Å². The second kappa shape index (κ2) is 16.1. The number of phenolic OH excluding ortho intramolecular Hbond substituents is 1. The molecule has 7 rings (SSSR count). The maximum absolute atomic E-state index is 13.0. The van der Waals surface area contributed by atoms with E-state index in [9.17, 15) is 19.5 Å². The van der Waals surface area contributed by atoms with E-state index in [1.54, 1.807) is 19.2 Å². The predicted molar refractivity (Wildman–Crippen MR) is 208 cm³/mol. The number of carbonyl (C=O) groups is 2. The first-order valence-corrected chi connectivity index (χ1v) is 18.3. The number of aryl methyl sites for hydroxylation is 1. The van der Waals surface area contributed by atoms with Crippen molar-refractivity contribution in [1.29, 1.82) is 0 Å². The SMILES string of the molecule is Cn1c(=O)n(C2CCC(=O)NC2=O)c2ccc(C#CCCCCC#Cc3cccc(CN4CCN(c5cc(-c6ccccc6O)nnc5N)CC4)c3)cc21. The van der Waals surface area contributed by atoms with E-state index in [1.807, 2.05) is 42.5 Å². The molecular weight excluding hydrogens is 681 g/mol. The fourth-order valence-corrected chi connectivity index (χ4v) is 7.05. The van der Waals surface area contributed by atoms with E-state index >= 15 is 0 Å². The van der Waals surface area contributed by atoms with Gasteiger partial charge in [0.1, 0.15) is 11.8 Å². The third kappa shape index (κ3) is 7.99. The number of amides is 2. The van der Waals surface area contributed by atoms with Crippen molar-refractivity contribution in [1.82, 2.24) is 29.5 Å². The maximum Gasteiger partial charge on any atom is 0.329 e. The molecule has 1 atom stereocenters. The number of aromatic hydroxyl groups is 1. The average molecular weight is 723 g/mol. The first kappa shape index (κ1) is 36.0. The summed E-state index contributed by atoms with van der Waals surface area (Å²) >= 11 is 0. The van der Waals surface area contributed by atoms with Gasteiger partial charge in [0.2, 0.25) is 11.8 Å². The number of phenols is 1. The van der Waals surface area contributed by atoms with Gasteiger partial charge in [-0.25, -0.2) is 4.79 Å². The van der Waals surface area contributed by atoms with E-state index in [0.717, 1.165) is 75.2 Å². The summed E-state index contributed by atoms with van der Waals surface area (Å²) in [4.78, 5) is 41.7. The average Bonchev–Trinajstić information content (AvgIpc) is 3.42. The van der Waals surface area contributed by atoms with Gasteiger partial charge in [0.15, 0.2) is 5.82 Å². The minimum absolute atomic E-state index is 0.160. The number of imide groups is 1. The molecule has 54 heavy (non-hydrogen) atoms. The number of unbranched alkanes of at least 4 members (excludes halogenated alkanes) is 3. The van der Waals surface area contributed by atoms with E-state index in [1.165, 1.54) is 14.7 Å². The Bertz CT molecular complexity index is 2400. The van der Waals surface area contributed by atoms with Crippen molar-refractivity contribution < 1.29 is 14.7 Å². The number of hydrogen-bond acceptors (Lipinski definition) is 9. The van der Waals surface area contributed by atoms with Crippen LogP contribution in [0.3, 0.4) is 0 Å². The Morgan fingerprint density at radius 1 is 0.852 bits per heavy atom. The minimum atomic E-state index is -0.707. The van der Waals surface area contributed by atoms with Crippen LogP contribution in [0.25, 0.3) is 22.3 Å². The van der Waals surface area contributed by atoms with Crippen molar-refractivity contribution in [3.63, 3.8) is 0 Å². The Balaban J connectivity index is 0.869. The Morgan fingerprint density at radius 2 is 1.59 bits per heavy atom. The number of rotatable bonds is 8. The van der Waals surface area contributed by atoms with Crippen LogP contribution in [0.1, 0.15) is 61.3 Å². The number of piperazine rings is 1. The standard InChI is InChI=1S/C42H42N8O4/c1-47-36-26-30(17-18-34(36)50(42(47)54)35-19-20-39(52)44-41(35)53)12-7-5-3-2-4-6-11-29-13-10-14-31(25-29)28-48-21-23-49(24-22-48)37-27-33(45-46-40(37)43)32-15-8-9-16-38(32)51/h8-10,13-18,25-27,35,51H,2-5,19-24,28H2,1H3,(H2,43,46)(H,44,52,53). The fourth-order valence-electron chi connectivity index (χ4n) is 7.05.